The van der Waals surface area contributed by atoms with Gasteiger partial charge in [0.1, 0.15) is 11.2 Å². The smallest absolute Gasteiger partial charge is 0.136 e. The molecule has 0 N–H and O–H groups in total. The van der Waals surface area contributed by atoms with Crippen LogP contribution in [0.3, 0.4) is 0 Å². The van der Waals surface area contributed by atoms with E-state index in [0.29, 0.717) is 0 Å². The molecule has 0 aliphatic heterocycles. The van der Waals surface area contributed by atoms with Crippen molar-refractivity contribution >= 4 is 33.5 Å². The predicted molar refractivity (Wildman–Crippen MR) is 114 cm³/mol. The number of hydrogen-bond acceptors (Lipinski definition) is 1. The Kier molecular flexibility index (Phi) is 3.77. The fourth-order valence-electron chi connectivity index (χ4n) is 3.67. The summed E-state index contributed by atoms with van der Waals surface area (Å²) in [5, 5.41) is 2.98. The lowest BCUT2D eigenvalue weighted by Gasteiger charge is -2.09. The Hall–Kier alpha value is -3.03. The molecule has 0 aliphatic carbocycles. The third-order valence-corrected chi connectivity index (χ3v) is 5.21. The highest BCUT2D eigenvalue weighted by Crippen LogP contribution is 2.38. The third kappa shape index (κ3) is 2.81. The number of rotatable bonds is 2. The molecule has 1 nitrogen and oxygen atoms in total. The molecule has 0 bridgehead atoms. The Labute approximate surface area is 162 Å². The maximum absolute atomic E-state index is 6.50. The normalized spacial score (nSPS) is 11.3. The zero-order chi connectivity index (χ0) is 18.4. The fourth-order valence-corrected chi connectivity index (χ4v) is 3.91. The minimum absolute atomic E-state index is 0.730. The van der Waals surface area contributed by atoms with Crippen molar-refractivity contribution < 1.29 is 4.42 Å². The highest BCUT2D eigenvalue weighted by Gasteiger charge is 2.13. The summed E-state index contributed by atoms with van der Waals surface area (Å²) >= 11 is 6.50. The lowest BCUT2D eigenvalue weighted by atomic mass is 9.95. The standard InChI is InChI=1S/C25H17ClO/c1-16-9-11-17(12-10-16)18-13-19(15-20(26)14-18)21-6-4-8-24-25(21)22-5-2-3-7-23(22)27-24/h2-15H,1H3. The first-order valence-electron chi connectivity index (χ1n) is 8.97. The van der Waals surface area contributed by atoms with Crippen molar-refractivity contribution in [3.63, 3.8) is 0 Å². The van der Waals surface area contributed by atoms with Gasteiger partial charge in [-0.15, -0.1) is 0 Å². The highest BCUT2D eigenvalue weighted by atomic mass is 35.5. The molecule has 0 atom stereocenters. The number of benzene rings is 4. The third-order valence-electron chi connectivity index (χ3n) is 5.00. The van der Waals surface area contributed by atoms with E-state index in [9.17, 15) is 0 Å². The lowest BCUT2D eigenvalue weighted by Crippen LogP contribution is -1.84. The minimum atomic E-state index is 0.730. The molecule has 4 aromatic carbocycles. The van der Waals surface area contributed by atoms with Gasteiger partial charge in [-0.1, -0.05) is 71.8 Å². The van der Waals surface area contributed by atoms with Crippen LogP contribution in [-0.2, 0) is 0 Å². The van der Waals surface area contributed by atoms with E-state index in [2.05, 4.69) is 49.4 Å². The molecular formula is C25H17ClO. The maximum atomic E-state index is 6.50. The molecule has 0 radical (unpaired) electrons. The van der Waals surface area contributed by atoms with Gasteiger partial charge in [0.15, 0.2) is 0 Å². The van der Waals surface area contributed by atoms with Crippen molar-refractivity contribution in [2.24, 2.45) is 0 Å². The fraction of sp³-hybridized carbons (Fsp3) is 0.0400. The van der Waals surface area contributed by atoms with Crippen LogP contribution in [0.15, 0.2) is 89.3 Å². The number of aryl methyl sites for hydroxylation is 1. The quantitative estimate of drug-likeness (QED) is 0.309. The van der Waals surface area contributed by atoms with E-state index in [4.69, 9.17) is 16.0 Å². The topological polar surface area (TPSA) is 13.1 Å². The summed E-state index contributed by atoms with van der Waals surface area (Å²) in [5.41, 5.74) is 7.54. The van der Waals surface area contributed by atoms with Crippen molar-refractivity contribution in [1.29, 1.82) is 0 Å². The van der Waals surface area contributed by atoms with E-state index < -0.39 is 0 Å². The second kappa shape index (κ2) is 6.29. The van der Waals surface area contributed by atoms with E-state index in [1.165, 1.54) is 5.56 Å². The van der Waals surface area contributed by atoms with E-state index in [1.54, 1.807) is 0 Å². The van der Waals surface area contributed by atoms with Gasteiger partial charge < -0.3 is 4.42 Å². The number of para-hydroxylation sites is 1. The molecule has 0 aliphatic rings. The van der Waals surface area contributed by atoms with Gasteiger partial charge in [-0.05, 0) is 59.5 Å². The molecule has 0 fully saturated rings. The molecule has 0 amide bonds. The Bertz CT molecular complexity index is 1280. The number of halogens is 1. The van der Waals surface area contributed by atoms with E-state index in [-0.39, 0.29) is 0 Å². The van der Waals surface area contributed by atoms with Gasteiger partial charge in [-0.3, -0.25) is 0 Å². The molecule has 27 heavy (non-hydrogen) atoms. The Balaban J connectivity index is 1.77. The van der Waals surface area contributed by atoms with Gasteiger partial charge in [0.2, 0.25) is 0 Å². The van der Waals surface area contributed by atoms with Crippen LogP contribution in [0.4, 0.5) is 0 Å². The first kappa shape index (κ1) is 16.2. The average molecular weight is 369 g/mol. The molecule has 130 valence electrons. The number of hydrogen-bond donors (Lipinski definition) is 0. The molecule has 0 spiro atoms. The van der Waals surface area contributed by atoms with Crippen LogP contribution in [0.25, 0.3) is 44.2 Å². The second-order valence-corrected chi connectivity index (χ2v) is 7.31. The summed E-state index contributed by atoms with van der Waals surface area (Å²) < 4.78 is 6.04. The zero-order valence-electron chi connectivity index (χ0n) is 14.9. The first-order valence-corrected chi connectivity index (χ1v) is 9.35. The van der Waals surface area contributed by atoms with Crippen LogP contribution in [-0.4, -0.2) is 0 Å². The lowest BCUT2D eigenvalue weighted by molar-refractivity contribution is 0.669. The molecule has 0 unspecified atom stereocenters. The maximum Gasteiger partial charge on any atom is 0.136 e. The predicted octanol–water partition coefficient (Wildman–Crippen LogP) is 7.88. The summed E-state index contributed by atoms with van der Waals surface area (Å²) in [6, 6.07) is 29.1. The highest BCUT2D eigenvalue weighted by molar-refractivity contribution is 6.31. The molecule has 5 rings (SSSR count). The van der Waals surface area contributed by atoms with Crippen molar-refractivity contribution in [2.45, 2.75) is 6.92 Å². The van der Waals surface area contributed by atoms with Crippen molar-refractivity contribution in [3.05, 3.63) is 95.5 Å². The molecule has 0 saturated carbocycles. The van der Waals surface area contributed by atoms with Crippen molar-refractivity contribution in [2.75, 3.05) is 0 Å². The average Bonchev–Trinajstić information content (AvgIpc) is 3.07. The van der Waals surface area contributed by atoms with Crippen LogP contribution in [0.1, 0.15) is 5.56 Å². The van der Waals surface area contributed by atoms with Crippen LogP contribution >= 0.6 is 11.6 Å². The summed E-state index contributed by atoms with van der Waals surface area (Å²) in [4.78, 5) is 0. The SMILES string of the molecule is Cc1ccc(-c2cc(Cl)cc(-c3cccc4oc5ccccc5c34)c2)cc1. The van der Waals surface area contributed by atoms with E-state index in [1.807, 2.05) is 42.5 Å². The largest absolute Gasteiger partial charge is 0.456 e. The molecular weight excluding hydrogens is 352 g/mol. The van der Waals surface area contributed by atoms with E-state index in [0.717, 1.165) is 49.2 Å². The van der Waals surface area contributed by atoms with Gasteiger partial charge in [-0.25, -0.2) is 0 Å². The minimum Gasteiger partial charge on any atom is -0.456 e. The van der Waals surface area contributed by atoms with Crippen LogP contribution < -0.4 is 0 Å². The summed E-state index contributed by atoms with van der Waals surface area (Å²) in [5.74, 6) is 0. The number of furan rings is 1. The molecule has 0 saturated heterocycles. The Morgan fingerprint density at radius 2 is 1.41 bits per heavy atom. The molecule has 1 aromatic heterocycles. The van der Waals surface area contributed by atoms with Gasteiger partial charge in [-0.2, -0.15) is 0 Å². The van der Waals surface area contributed by atoms with Gasteiger partial charge in [0.05, 0.1) is 0 Å². The zero-order valence-corrected chi connectivity index (χ0v) is 15.6. The Morgan fingerprint density at radius 3 is 2.26 bits per heavy atom. The van der Waals surface area contributed by atoms with Gasteiger partial charge in [0, 0.05) is 15.8 Å². The summed E-state index contributed by atoms with van der Waals surface area (Å²) in [7, 11) is 0. The van der Waals surface area contributed by atoms with Gasteiger partial charge >= 0.3 is 0 Å². The molecule has 2 heteroatoms. The first-order chi connectivity index (χ1) is 13.2. The van der Waals surface area contributed by atoms with Crippen LogP contribution in [0.2, 0.25) is 5.02 Å². The molecule has 1 heterocycles. The Morgan fingerprint density at radius 1 is 0.667 bits per heavy atom. The van der Waals surface area contributed by atoms with Gasteiger partial charge in [0.25, 0.3) is 0 Å². The summed E-state index contributed by atoms with van der Waals surface area (Å²) in [6.07, 6.45) is 0. The number of fused-ring (bicyclic) bond motifs is 3. The van der Waals surface area contributed by atoms with Crippen molar-refractivity contribution in [1.82, 2.24) is 0 Å². The van der Waals surface area contributed by atoms with Crippen molar-refractivity contribution in [3.8, 4) is 22.3 Å². The summed E-state index contributed by atoms with van der Waals surface area (Å²) in [6.45, 7) is 2.10. The van der Waals surface area contributed by atoms with Crippen LogP contribution in [0.5, 0.6) is 0 Å². The van der Waals surface area contributed by atoms with E-state index >= 15 is 0 Å². The van der Waals surface area contributed by atoms with Crippen LogP contribution in [0, 0.1) is 6.92 Å². The second-order valence-electron chi connectivity index (χ2n) is 6.87. The monoisotopic (exact) mass is 368 g/mol. The molecule has 5 aromatic rings.